The van der Waals surface area contributed by atoms with Crippen molar-refractivity contribution >= 4 is 11.1 Å². The van der Waals surface area contributed by atoms with Crippen molar-refractivity contribution in [2.75, 3.05) is 0 Å². The van der Waals surface area contributed by atoms with E-state index in [0.29, 0.717) is 5.92 Å². The molecule has 2 atom stereocenters. The molecule has 0 radical (unpaired) electrons. The van der Waals surface area contributed by atoms with Crippen molar-refractivity contribution in [1.29, 1.82) is 0 Å². The van der Waals surface area contributed by atoms with Crippen LogP contribution in [0, 0.1) is 16.2 Å². The van der Waals surface area contributed by atoms with Gasteiger partial charge in [0.15, 0.2) is 0 Å². The van der Waals surface area contributed by atoms with Gasteiger partial charge in [0.05, 0.1) is 0 Å². The molecule has 0 spiro atoms. The maximum absolute atomic E-state index is 2.58. The lowest BCUT2D eigenvalue weighted by molar-refractivity contribution is 0.352. The summed E-state index contributed by atoms with van der Waals surface area (Å²) >= 11 is 0. The van der Waals surface area contributed by atoms with Gasteiger partial charge in [-0.2, -0.15) is 0 Å². The lowest BCUT2D eigenvalue weighted by atomic mass is 9.69. The first-order valence-electron chi connectivity index (χ1n) is 14.5. The number of hydrogen-bond donors (Lipinski definition) is 0. The summed E-state index contributed by atoms with van der Waals surface area (Å²) in [5.74, 6) is 0.338. The number of rotatable bonds is 2. The highest BCUT2D eigenvalue weighted by Crippen LogP contribution is 2.66. The third-order valence-electron chi connectivity index (χ3n) is 9.71. The van der Waals surface area contributed by atoms with E-state index in [1.165, 1.54) is 45.4 Å². The molecule has 2 aromatic rings. The second kappa shape index (κ2) is 8.08. The molecule has 38 heavy (non-hydrogen) atoms. The first-order chi connectivity index (χ1) is 17.7. The molecule has 6 rings (SSSR count). The van der Waals surface area contributed by atoms with Crippen LogP contribution in [0.2, 0.25) is 0 Å². The standard InChI is InChI=1S/C38H44/c1-35(2,3)26-15-17-28-30(21-26)31-22-27(36(4,5)6)16-18-29(31)34(28)38(9)23-37(7,8)32-19-25(20-33(32)38)24-13-11-10-12-14-24/h10-18,20-22,30H,19,23H2,1-9H3. The molecule has 0 aromatic heterocycles. The normalized spacial score (nSPS) is 25.9. The summed E-state index contributed by atoms with van der Waals surface area (Å²) in [6, 6.07) is 18.4. The van der Waals surface area contributed by atoms with E-state index in [0.717, 1.165) is 6.42 Å². The number of hydrogen-bond acceptors (Lipinski definition) is 0. The molecule has 0 aliphatic heterocycles. The average molecular weight is 501 g/mol. The molecule has 0 heteroatoms. The van der Waals surface area contributed by atoms with Crippen LogP contribution in [0.15, 0.2) is 95.1 Å². The number of fused-ring (bicyclic) bond motifs is 3. The second-order valence-corrected chi connectivity index (χ2v) is 15.1. The Morgan fingerprint density at radius 1 is 0.816 bits per heavy atom. The zero-order valence-electron chi connectivity index (χ0n) is 24.9. The summed E-state index contributed by atoms with van der Waals surface area (Å²) < 4.78 is 0. The highest BCUT2D eigenvalue weighted by Gasteiger charge is 2.52. The molecule has 4 aliphatic carbocycles. The Morgan fingerprint density at radius 3 is 2.18 bits per heavy atom. The van der Waals surface area contributed by atoms with Crippen molar-refractivity contribution < 1.29 is 0 Å². The average Bonchev–Trinajstić information content (AvgIpc) is 3.48. The molecule has 0 amide bonds. The Morgan fingerprint density at radius 2 is 1.53 bits per heavy atom. The smallest absolute Gasteiger partial charge is 0.0284 e. The van der Waals surface area contributed by atoms with Gasteiger partial charge in [0.25, 0.3) is 0 Å². The van der Waals surface area contributed by atoms with Crippen molar-refractivity contribution in [2.24, 2.45) is 16.2 Å². The zero-order valence-corrected chi connectivity index (χ0v) is 24.9. The van der Waals surface area contributed by atoms with Crippen LogP contribution in [0.3, 0.4) is 0 Å². The molecule has 2 unspecified atom stereocenters. The van der Waals surface area contributed by atoms with Gasteiger partial charge in [-0.3, -0.25) is 0 Å². The van der Waals surface area contributed by atoms with E-state index in [-0.39, 0.29) is 21.7 Å². The van der Waals surface area contributed by atoms with Crippen LogP contribution in [0.25, 0.3) is 11.1 Å². The predicted octanol–water partition coefficient (Wildman–Crippen LogP) is 10.6. The third kappa shape index (κ3) is 3.78. The van der Waals surface area contributed by atoms with Gasteiger partial charge in [-0.15, -0.1) is 0 Å². The minimum atomic E-state index is -0.00510. The molecule has 2 aromatic carbocycles. The molecular weight excluding hydrogens is 456 g/mol. The number of allylic oxidation sites excluding steroid dienone is 10. The first-order valence-corrected chi connectivity index (χ1v) is 14.5. The van der Waals surface area contributed by atoms with Crippen molar-refractivity contribution in [2.45, 2.75) is 86.5 Å². The largest absolute Gasteiger partial charge is 0.0689 e. The molecule has 0 nitrogen and oxygen atoms in total. The summed E-state index contributed by atoms with van der Waals surface area (Å²) in [6.45, 7) is 21.5. The Balaban J connectivity index is 1.55. The van der Waals surface area contributed by atoms with E-state index in [4.69, 9.17) is 0 Å². The van der Waals surface area contributed by atoms with E-state index in [9.17, 15) is 0 Å². The zero-order chi connectivity index (χ0) is 27.3. The molecule has 0 saturated heterocycles. The van der Waals surface area contributed by atoms with Crippen LogP contribution in [0.1, 0.15) is 103 Å². The van der Waals surface area contributed by atoms with Crippen molar-refractivity contribution in [3.05, 3.63) is 117 Å². The maximum Gasteiger partial charge on any atom is 0.0284 e. The van der Waals surface area contributed by atoms with Gasteiger partial charge in [-0.25, -0.2) is 0 Å². The van der Waals surface area contributed by atoms with Crippen LogP contribution in [0.4, 0.5) is 0 Å². The van der Waals surface area contributed by atoms with E-state index in [1.54, 1.807) is 16.7 Å². The van der Waals surface area contributed by atoms with E-state index in [1.807, 2.05) is 0 Å². The van der Waals surface area contributed by atoms with Crippen LogP contribution in [0.5, 0.6) is 0 Å². The van der Waals surface area contributed by atoms with Gasteiger partial charge in [0, 0.05) is 11.3 Å². The quantitative estimate of drug-likeness (QED) is 0.385. The van der Waals surface area contributed by atoms with Crippen LogP contribution in [-0.2, 0) is 5.41 Å². The topological polar surface area (TPSA) is 0 Å². The summed E-state index contributed by atoms with van der Waals surface area (Å²) in [7, 11) is 0. The van der Waals surface area contributed by atoms with Gasteiger partial charge in [0.2, 0.25) is 0 Å². The number of benzene rings is 2. The fourth-order valence-corrected chi connectivity index (χ4v) is 7.73. The molecular formula is C38H44. The van der Waals surface area contributed by atoms with Crippen molar-refractivity contribution in [3.63, 3.8) is 0 Å². The monoisotopic (exact) mass is 500 g/mol. The van der Waals surface area contributed by atoms with Crippen LogP contribution < -0.4 is 0 Å². The molecule has 4 aliphatic rings. The van der Waals surface area contributed by atoms with Gasteiger partial charge >= 0.3 is 0 Å². The molecule has 0 N–H and O–H groups in total. The Kier molecular flexibility index (Phi) is 5.40. The van der Waals surface area contributed by atoms with Crippen molar-refractivity contribution in [1.82, 2.24) is 0 Å². The van der Waals surface area contributed by atoms with Gasteiger partial charge in [0.1, 0.15) is 0 Å². The fraction of sp³-hybridized carbons (Fsp3) is 0.421. The highest BCUT2D eigenvalue weighted by molar-refractivity contribution is 5.90. The summed E-state index contributed by atoms with van der Waals surface area (Å²) in [5, 5.41) is 0. The second-order valence-electron chi connectivity index (χ2n) is 15.1. The fourth-order valence-electron chi connectivity index (χ4n) is 7.73. The lowest BCUT2D eigenvalue weighted by Gasteiger charge is -2.34. The van der Waals surface area contributed by atoms with Gasteiger partial charge in [-0.1, -0.05) is 141 Å². The third-order valence-corrected chi connectivity index (χ3v) is 9.71. The molecule has 196 valence electrons. The first kappa shape index (κ1) is 25.4. The Bertz CT molecular complexity index is 1480. The molecule has 0 saturated carbocycles. The predicted molar refractivity (Wildman–Crippen MR) is 164 cm³/mol. The molecule has 0 bridgehead atoms. The van der Waals surface area contributed by atoms with E-state index < -0.39 is 0 Å². The van der Waals surface area contributed by atoms with Gasteiger partial charge < -0.3 is 0 Å². The SMILES string of the molecule is CC(C)(C)C1=CC2C(=C(C3(C)CC(C)(C)C4=C3C=C(c3ccccc3)C4)c3ccc(C(C)(C)C)cc32)C=C1. The molecule has 0 fully saturated rings. The lowest BCUT2D eigenvalue weighted by Crippen LogP contribution is -2.22. The molecule has 0 heterocycles. The maximum atomic E-state index is 2.58. The van der Waals surface area contributed by atoms with E-state index >= 15 is 0 Å². The van der Waals surface area contributed by atoms with Gasteiger partial charge in [-0.05, 0) is 79.2 Å². The highest BCUT2D eigenvalue weighted by atomic mass is 14.6. The van der Waals surface area contributed by atoms with E-state index in [2.05, 4.69) is 135 Å². The summed E-state index contributed by atoms with van der Waals surface area (Å²) in [5.41, 5.74) is 15.5. The van der Waals surface area contributed by atoms with Crippen molar-refractivity contribution in [3.8, 4) is 0 Å². The summed E-state index contributed by atoms with van der Waals surface area (Å²) in [6.07, 6.45) is 12.3. The minimum Gasteiger partial charge on any atom is -0.0689 e. The van der Waals surface area contributed by atoms with Crippen LogP contribution >= 0.6 is 0 Å². The summed E-state index contributed by atoms with van der Waals surface area (Å²) in [4.78, 5) is 0. The van der Waals surface area contributed by atoms with Crippen LogP contribution in [-0.4, -0.2) is 0 Å². The minimum absolute atomic E-state index is 0.00510. The Labute approximate surface area is 231 Å². The Hall–Kier alpha value is -2.86.